The molecule has 0 radical (unpaired) electrons. The minimum Gasteiger partial charge on any atom is -0.415 e. The molecule has 122 heavy (non-hydrogen) atoms. The Kier molecular flexibility index (Phi) is 51.7. The Morgan fingerprint density at radius 2 is 0.730 bits per heavy atom. The number of hydrogen-bond acceptors (Lipinski definition) is 22. The minimum absolute atomic E-state index is 0.00768. The number of unbranched alkanes of at least 4 members (excludes halogenated alkanes) is 4. The van der Waals surface area contributed by atoms with Crippen LogP contribution in [0.1, 0.15) is 176 Å². The van der Waals surface area contributed by atoms with Gasteiger partial charge in [0.2, 0.25) is 23.6 Å². The molecule has 4 aliphatic rings. The summed E-state index contributed by atoms with van der Waals surface area (Å²) >= 11 is 3.86. The number of urea groups is 2. The van der Waals surface area contributed by atoms with Gasteiger partial charge in [-0.1, -0.05) is 130 Å². The van der Waals surface area contributed by atoms with Crippen LogP contribution in [-0.2, 0) is 72.7 Å². The highest BCUT2D eigenvalue weighted by Gasteiger charge is 2.46. The SMILES string of the molecule is CCOCCCCC(=O)CCC(=O)NC(Cc1ccccc1)P(=O)(Oc1ccccc1)Oc1ccccc1.CCOCCCNC(=O)CCC(=O)NC(C(C)C)P(=O)(Oc1ccccc1)Oc1ccccc1.CCOCCOCCCCC(=O)CCCCC1SC[C@@H]2NC(=O)N[C@H]12.CCOCCOCCCNC(=O)CCCCC1SC[C@@H]2NC(=O)N[C@H]12. The van der Waals surface area contributed by atoms with E-state index in [9.17, 15) is 47.5 Å². The molecule has 4 heterocycles. The molecule has 4 aliphatic heterocycles. The molecule has 0 aliphatic carbocycles. The third-order valence-corrected chi connectivity index (χ3v) is 27.1. The van der Waals surface area contributed by atoms with E-state index in [0.29, 0.717) is 163 Å². The second-order valence-electron chi connectivity index (χ2n) is 29.9. The summed E-state index contributed by atoms with van der Waals surface area (Å²) in [5.74, 6) is 0.744. The van der Waals surface area contributed by atoms with Gasteiger partial charge in [0.15, 0.2) is 11.6 Å². The summed E-state index contributed by atoms with van der Waals surface area (Å²) in [4.78, 5) is 96.4. The van der Waals surface area contributed by atoms with Crippen LogP contribution in [0.25, 0.3) is 0 Å². The molecule has 4 fully saturated rings. The largest absolute Gasteiger partial charge is 0.453 e. The molecule has 0 spiro atoms. The summed E-state index contributed by atoms with van der Waals surface area (Å²) in [5.41, 5.74) is 0.858. The van der Waals surface area contributed by atoms with E-state index < -0.39 is 32.7 Å². The Hall–Kier alpha value is -8.02. The van der Waals surface area contributed by atoms with E-state index >= 15 is 0 Å². The molecule has 0 bridgehead atoms. The summed E-state index contributed by atoms with van der Waals surface area (Å²) in [6.07, 6.45) is 13.6. The van der Waals surface area contributed by atoms with E-state index in [2.05, 4.69) is 42.5 Å². The molecule has 4 unspecified atom stereocenters. The zero-order valence-electron chi connectivity index (χ0n) is 72.2. The third-order valence-electron chi connectivity index (χ3n) is 19.7. The molecule has 8 N–H and O–H groups in total. The van der Waals surface area contributed by atoms with Crippen molar-refractivity contribution in [3.8, 4) is 23.0 Å². The number of thioether (sulfide) groups is 2. The van der Waals surface area contributed by atoms with Crippen LogP contribution in [0.2, 0.25) is 0 Å². The summed E-state index contributed by atoms with van der Waals surface area (Å²) in [5, 5.41) is 24.2. The van der Waals surface area contributed by atoms with Gasteiger partial charge in [0.25, 0.3) is 0 Å². The number of carbonyl (C=O) groups is 8. The van der Waals surface area contributed by atoms with Gasteiger partial charge in [0.05, 0.1) is 50.6 Å². The van der Waals surface area contributed by atoms with Crippen LogP contribution in [0.15, 0.2) is 152 Å². The molecule has 28 nitrogen and oxygen atoms in total. The van der Waals surface area contributed by atoms with Crippen LogP contribution in [0.3, 0.4) is 0 Å². The van der Waals surface area contributed by atoms with Gasteiger partial charge in [0.1, 0.15) is 34.6 Å². The highest BCUT2D eigenvalue weighted by Crippen LogP contribution is 2.55. The lowest BCUT2D eigenvalue weighted by Gasteiger charge is -2.30. The van der Waals surface area contributed by atoms with E-state index in [-0.39, 0.29) is 91.7 Å². The Morgan fingerprint density at radius 1 is 0.385 bits per heavy atom. The van der Waals surface area contributed by atoms with Gasteiger partial charge in [-0.15, -0.1) is 0 Å². The first kappa shape index (κ1) is 103. The number of benzene rings is 5. The molecule has 8 amide bonds. The molecule has 32 heteroatoms. The van der Waals surface area contributed by atoms with Gasteiger partial charge in [-0.25, -0.2) is 18.7 Å². The van der Waals surface area contributed by atoms with Crippen LogP contribution in [0.4, 0.5) is 9.59 Å². The van der Waals surface area contributed by atoms with Crippen LogP contribution in [0.5, 0.6) is 23.0 Å². The van der Waals surface area contributed by atoms with Crippen molar-refractivity contribution in [3.63, 3.8) is 0 Å². The first-order chi connectivity index (χ1) is 59.2. The fourth-order valence-corrected chi connectivity index (χ4v) is 20.4. The summed E-state index contributed by atoms with van der Waals surface area (Å²) in [6, 6.07) is 45.3. The maximum atomic E-state index is 14.4. The maximum absolute atomic E-state index is 14.4. The second-order valence-corrected chi connectivity index (χ2v) is 36.5. The smallest absolute Gasteiger partial charge is 0.415 e. The van der Waals surface area contributed by atoms with Crippen LogP contribution < -0.4 is 60.6 Å². The van der Waals surface area contributed by atoms with Gasteiger partial charge in [-0.3, -0.25) is 28.8 Å². The van der Waals surface area contributed by atoms with Gasteiger partial charge in [-0.2, -0.15) is 23.5 Å². The zero-order chi connectivity index (χ0) is 87.7. The lowest BCUT2D eigenvalue weighted by atomic mass is 10.0. The topological polar surface area (TPSA) is 359 Å². The van der Waals surface area contributed by atoms with Gasteiger partial charge < -0.3 is 89.1 Å². The standard InChI is InChI=1S/C30H36NO6P.C25H35N2O6P.C18H32N2O4S.C17H31N3O4S/c1-2-35-23-13-12-16-26(32)21-22-29(33)31-30(24-25-14-6-3-7-15-25)38(34,36-27-17-8-4-9-18-27)37-28-19-10-5-11-20-28;1-4-31-19-11-18-26-23(28)16-17-24(29)27-25(20(2)3)34(30,32-21-12-7-5-8-13-21)33-22-14-9-6-10-15-22;1-2-23-11-12-24-10-6-5-8-14(21)7-3-4-9-16-17-15(13-25-16)19-18(22)20-17;1-2-23-10-11-24-9-5-8-18-15(21)7-4-3-6-14-16-13(12-25-14)19-17(22)20-16/h3-11,14-15,17-20,30H,2,12-13,16,21-24H2,1H3,(H,31,33);5-10,12-15,20,25H,4,11,16-19H2,1-3H3,(H,26,28)(H,27,29);15-17H,2-13H2,1H3,(H2,19,20,22);13-14,16H,2-12H2,1H3,(H,18,21)(H2,19,20,22)/t;;15-,16?,17-;13-,14?,16-/m..00/s1. The van der Waals surface area contributed by atoms with E-state index in [1.54, 1.807) is 97.1 Å². The van der Waals surface area contributed by atoms with Crippen molar-refractivity contribution < 1.29 is 94.0 Å². The summed E-state index contributed by atoms with van der Waals surface area (Å²) < 4.78 is 83.9. The number of hydrogen-bond donors (Lipinski definition) is 8. The Morgan fingerprint density at radius 3 is 1.17 bits per heavy atom. The quantitative estimate of drug-likeness (QED) is 0.0102. The molecule has 9 rings (SSSR count). The Balaban J connectivity index is 0.000000256. The van der Waals surface area contributed by atoms with E-state index in [0.717, 1.165) is 94.3 Å². The van der Waals surface area contributed by atoms with Crippen molar-refractivity contribution in [2.75, 3.05) is 104 Å². The monoisotopic (exact) mass is 1770 g/mol. The second kappa shape index (κ2) is 61.3. The number of rotatable bonds is 59. The number of Topliss-reactive ketones (excluding diaryl/α,β-unsaturated/α-hetero) is 2. The minimum atomic E-state index is -4.00. The van der Waals surface area contributed by atoms with Crippen molar-refractivity contribution in [3.05, 3.63) is 157 Å². The van der Waals surface area contributed by atoms with Crippen LogP contribution in [0, 0.1) is 5.92 Å². The summed E-state index contributed by atoms with van der Waals surface area (Å²) in [7, 11) is -7.90. The van der Waals surface area contributed by atoms with Crippen LogP contribution >= 0.6 is 38.7 Å². The van der Waals surface area contributed by atoms with Crippen molar-refractivity contribution in [2.45, 2.75) is 223 Å². The zero-order valence-corrected chi connectivity index (χ0v) is 75.6. The number of ketones is 2. The van der Waals surface area contributed by atoms with Gasteiger partial charge in [0, 0.05) is 146 Å². The average Bonchev–Trinajstić information content (AvgIpc) is 1.08. The lowest BCUT2D eigenvalue weighted by Crippen LogP contribution is -2.41. The lowest BCUT2D eigenvalue weighted by molar-refractivity contribution is -0.126. The van der Waals surface area contributed by atoms with Crippen molar-refractivity contribution in [2.24, 2.45) is 5.92 Å². The highest BCUT2D eigenvalue weighted by atomic mass is 32.2. The third kappa shape index (κ3) is 42.6. The fourth-order valence-electron chi connectivity index (χ4n) is 13.3. The molecule has 5 aromatic carbocycles. The maximum Gasteiger partial charge on any atom is 0.453 e. The number of carbonyl (C=O) groups excluding carboxylic acids is 8. The first-order valence-corrected chi connectivity index (χ1v) is 48.8. The van der Waals surface area contributed by atoms with Gasteiger partial charge >= 0.3 is 27.3 Å². The number of fused-ring (bicyclic) bond motifs is 2. The van der Waals surface area contributed by atoms with Crippen LogP contribution in [-0.4, -0.2) is 197 Å². The first-order valence-electron chi connectivity index (χ1n) is 43.4. The average molecular weight is 1770 g/mol. The Labute approximate surface area is 731 Å². The van der Waals surface area contributed by atoms with E-state index in [1.807, 2.05) is 120 Å². The highest BCUT2D eigenvalue weighted by molar-refractivity contribution is 8.00. The number of ether oxygens (including phenoxy) is 6. The van der Waals surface area contributed by atoms with Gasteiger partial charge in [-0.05, 0) is 152 Å². The number of amides is 8. The van der Waals surface area contributed by atoms with Crippen molar-refractivity contribution >= 4 is 86.0 Å². The molecule has 5 aromatic rings. The molecule has 676 valence electrons. The van der Waals surface area contributed by atoms with E-state index in [4.69, 9.17) is 46.5 Å². The molecule has 4 saturated heterocycles. The molecule has 0 saturated carbocycles. The summed E-state index contributed by atoms with van der Waals surface area (Å²) in [6.45, 7) is 20.4. The van der Waals surface area contributed by atoms with Crippen molar-refractivity contribution in [1.29, 1.82) is 0 Å². The predicted octanol–water partition coefficient (Wildman–Crippen LogP) is 15.1. The molecule has 0 aromatic heterocycles. The normalized spacial score (nSPS) is 17.2. The molecular formula is C90H134N8O20P2S2. The van der Waals surface area contributed by atoms with Crippen molar-refractivity contribution in [1.82, 2.24) is 42.5 Å². The fraction of sp³-hybridized carbons (Fsp3) is 0.578. The number of nitrogens with one attached hydrogen (secondary N) is 8. The predicted molar refractivity (Wildman–Crippen MR) is 479 cm³/mol. The van der Waals surface area contributed by atoms with E-state index in [1.165, 1.54) is 0 Å². The number of para-hydroxylation sites is 4. The Bertz CT molecular complexity index is 3690. The molecular weight excluding hydrogens is 1640 g/mol. The molecule has 8 atom stereocenters.